The fraction of sp³-hybridized carbons (Fsp3) is 0.500. The molecule has 58 valence electrons. The molecule has 6 heteroatoms. The van der Waals surface area contributed by atoms with Gasteiger partial charge in [0.25, 0.3) is 0 Å². The Kier molecular flexibility index (Phi) is 4.35. The van der Waals surface area contributed by atoms with Crippen molar-refractivity contribution in [1.29, 1.82) is 0 Å². The second-order valence-electron chi connectivity index (χ2n) is 1.57. The number of nitrogens with one attached hydrogen (secondary N) is 1. The third kappa shape index (κ3) is 4.16. The largest absolute Gasteiger partial charge is 0.377 e. The fourth-order valence-corrected chi connectivity index (χ4v) is 1.42. The maximum absolute atomic E-state index is 10.8. The molecule has 0 spiro atoms. The Balaban J connectivity index is 3.92. The summed E-state index contributed by atoms with van der Waals surface area (Å²) in [6.07, 6.45) is 4.94. The first-order valence-corrected chi connectivity index (χ1v) is 5.19. The minimum absolute atomic E-state index is 0.429. The lowest BCUT2D eigenvalue weighted by molar-refractivity contribution is 0.502. The fourth-order valence-electron chi connectivity index (χ4n) is 0.288. The number of terminal acetylenes is 1. The van der Waals surface area contributed by atoms with E-state index in [9.17, 15) is 4.57 Å². The highest BCUT2D eigenvalue weighted by Gasteiger charge is 2.20. The summed E-state index contributed by atoms with van der Waals surface area (Å²) in [5, 5.41) is 2.29. The van der Waals surface area contributed by atoms with Crippen LogP contribution in [0.15, 0.2) is 0 Å². The van der Waals surface area contributed by atoms with Crippen molar-refractivity contribution in [2.45, 2.75) is 13.0 Å². The van der Waals surface area contributed by atoms with Gasteiger partial charge in [-0.3, -0.25) is 4.57 Å². The van der Waals surface area contributed by atoms with Crippen molar-refractivity contribution in [2.75, 3.05) is 0 Å². The van der Waals surface area contributed by atoms with Crippen LogP contribution >= 0.6 is 30.0 Å². The highest BCUT2D eigenvalue weighted by Crippen LogP contribution is 2.49. The van der Waals surface area contributed by atoms with Gasteiger partial charge in [-0.05, 0) is 18.2 Å². The Hall–Kier alpha value is 0.290. The van der Waals surface area contributed by atoms with E-state index in [1.807, 2.05) is 0 Å². The van der Waals surface area contributed by atoms with E-state index in [0.29, 0.717) is 0 Å². The average molecular weight is 202 g/mol. The molecule has 10 heavy (non-hydrogen) atoms. The summed E-state index contributed by atoms with van der Waals surface area (Å²) in [4.78, 5) is 0. The van der Waals surface area contributed by atoms with Crippen LogP contribution in [0.25, 0.3) is 0 Å². The van der Waals surface area contributed by atoms with E-state index < -0.39 is 12.9 Å². The standard InChI is InChI=1S/C4H6Cl2NO2P/c1-3-4(2)7-10(6,8)9-5/h1,4H,2H3,(H,7,8)/t4-,10?/m1/s1. The van der Waals surface area contributed by atoms with E-state index in [2.05, 4.69) is 15.1 Å². The average Bonchev–Trinajstić information content (AvgIpc) is 1.87. The van der Waals surface area contributed by atoms with Crippen molar-refractivity contribution in [3.05, 3.63) is 0 Å². The minimum atomic E-state index is -3.40. The first-order valence-electron chi connectivity index (χ1n) is 2.36. The van der Waals surface area contributed by atoms with E-state index in [1.165, 1.54) is 0 Å². The van der Waals surface area contributed by atoms with Crippen LogP contribution in [0.2, 0.25) is 0 Å². The zero-order valence-electron chi connectivity index (χ0n) is 5.17. The number of halogens is 2. The Labute approximate surface area is 69.5 Å². The van der Waals surface area contributed by atoms with Gasteiger partial charge in [0.1, 0.15) is 0 Å². The van der Waals surface area contributed by atoms with E-state index >= 15 is 0 Å². The zero-order valence-corrected chi connectivity index (χ0v) is 7.58. The van der Waals surface area contributed by atoms with Gasteiger partial charge in [-0.1, -0.05) is 5.92 Å². The lowest BCUT2D eigenvalue weighted by Crippen LogP contribution is -2.18. The second kappa shape index (κ2) is 4.23. The minimum Gasteiger partial charge on any atom is -0.255 e. The van der Waals surface area contributed by atoms with Crippen molar-refractivity contribution < 1.29 is 8.64 Å². The molecular formula is C4H6Cl2NO2P. The van der Waals surface area contributed by atoms with Crippen LogP contribution in [0.3, 0.4) is 0 Å². The summed E-state index contributed by atoms with van der Waals surface area (Å²) in [7, 11) is 0. The smallest absolute Gasteiger partial charge is 0.255 e. The quantitative estimate of drug-likeness (QED) is 0.562. The zero-order chi connectivity index (χ0) is 8.20. The summed E-state index contributed by atoms with van der Waals surface area (Å²) >= 11 is 9.96. The lowest BCUT2D eigenvalue weighted by atomic mass is 10.4. The molecule has 1 N–H and O–H groups in total. The van der Waals surface area contributed by atoms with Crippen LogP contribution in [0.5, 0.6) is 0 Å². The van der Waals surface area contributed by atoms with Crippen molar-refractivity contribution in [3.63, 3.8) is 0 Å². The summed E-state index contributed by atoms with van der Waals surface area (Å²) in [5.41, 5.74) is 0. The van der Waals surface area contributed by atoms with Gasteiger partial charge in [0.15, 0.2) is 0 Å². The van der Waals surface area contributed by atoms with Gasteiger partial charge in [0.05, 0.1) is 17.9 Å². The monoisotopic (exact) mass is 201 g/mol. The molecule has 0 radical (unpaired) electrons. The van der Waals surface area contributed by atoms with Crippen LogP contribution < -0.4 is 5.09 Å². The summed E-state index contributed by atoms with van der Waals surface area (Å²) < 4.78 is 14.7. The first-order chi connectivity index (χ1) is 4.52. The number of rotatable bonds is 3. The van der Waals surface area contributed by atoms with Crippen molar-refractivity contribution in [1.82, 2.24) is 5.09 Å². The molecule has 0 aromatic rings. The van der Waals surface area contributed by atoms with Crippen LogP contribution in [0, 0.1) is 12.3 Å². The molecule has 1 unspecified atom stereocenters. The SMILES string of the molecule is C#C[C@@H](C)NP(=O)(Cl)OCl. The van der Waals surface area contributed by atoms with Crippen LogP contribution in [-0.2, 0) is 8.64 Å². The normalized spacial score (nSPS) is 19.0. The molecule has 0 aliphatic heterocycles. The highest BCUT2D eigenvalue weighted by atomic mass is 35.7. The maximum atomic E-state index is 10.8. The second-order valence-corrected chi connectivity index (χ2v) is 4.67. The van der Waals surface area contributed by atoms with Crippen LogP contribution in [0.4, 0.5) is 0 Å². The maximum Gasteiger partial charge on any atom is 0.377 e. The Morgan fingerprint density at radius 1 is 1.90 bits per heavy atom. The number of hydrogen-bond donors (Lipinski definition) is 1. The van der Waals surface area contributed by atoms with Gasteiger partial charge in [0.2, 0.25) is 0 Å². The molecular weight excluding hydrogens is 196 g/mol. The molecule has 0 aliphatic rings. The Morgan fingerprint density at radius 2 is 2.40 bits per heavy atom. The summed E-state index contributed by atoms with van der Waals surface area (Å²) in [6, 6.07) is -0.429. The van der Waals surface area contributed by atoms with Gasteiger partial charge in [-0.25, -0.2) is 5.09 Å². The first kappa shape index (κ1) is 10.3. The van der Waals surface area contributed by atoms with Crippen LogP contribution in [-0.4, -0.2) is 6.04 Å². The van der Waals surface area contributed by atoms with Gasteiger partial charge in [-0.2, -0.15) is 4.08 Å². The molecule has 0 bridgehead atoms. The molecule has 0 saturated heterocycles. The van der Waals surface area contributed by atoms with Gasteiger partial charge in [0, 0.05) is 0 Å². The molecule has 3 nitrogen and oxygen atoms in total. The molecule has 0 aliphatic carbocycles. The highest BCUT2D eigenvalue weighted by molar-refractivity contribution is 7.84. The predicted molar refractivity (Wildman–Crippen MR) is 41.8 cm³/mol. The van der Waals surface area contributed by atoms with Crippen molar-refractivity contribution in [3.8, 4) is 12.3 Å². The molecule has 0 aromatic heterocycles. The molecule has 0 rings (SSSR count). The van der Waals surface area contributed by atoms with E-state index in [1.54, 1.807) is 6.92 Å². The summed E-state index contributed by atoms with van der Waals surface area (Å²) in [6.45, 7) is -1.80. The molecule has 0 heterocycles. The molecule has 0 amide bonds. The van der Waals surface area contributed by atoms with E-state index in [4.69, 9.17) is 29.5 Å². The molecule has 0 aromatic carbocycles. The van der Waals surface area contributed by atoms with Gasteiger partial charge >= 0.3 is 6.87 Å². The van der Waals surface area contributed by atoms with E-state index in [-0.39, 0.29) is 0 Å². The third-order valence-electron chi connectivity index (χ3n) is 0.687. The van der Waals surface area contributed by atoms with E-state index in [0.717, 1.165) is 0 Å². The van der Waals surface area contributed by atoms with Crippen molar-refractivity contribution >= 4 is 30.0 Å². The lowest BCUT2D eigenvalue weighted by Gasteiger charge is -2.09. The summed E-state index contributed by atoms with van der Waals surface area (Å²) in [5.74, 6) is 2.25. The third-order valence-corrected chi connectivity index (χ3v) is 2.85. The molecule has 2 atom stereocenters. The topological polar surface area (TPSA) is 38.3 Å². The van der Waals surface area contributed by atoms with Crippen molar-refractivity contribution in [2.24, 2.45) is 0 Å². The predicted octanol–water partition coefficient (Wildman–Crippen LogP) is 2.12. The Bertz CT molecular complexity index is 190. The van der Waals surface area contributed by atoms with Gasteiger partial charge < -0.3 is 0 Å². The van der Waals surface area contributed by atoms with Gasteiger partial charge in [-0.15, -0.1) is 6.42 Å². The Morgan fingerprint density at radius 3 is 2.70 bits per heavy atom. The molecule has 0 fully saturated rings. The van der Waals surface area contributed by atoms with Crippen LogP contribution in [0.1, 0.15) is 6.92 Å². The number of hydrogen-bond acceptors (Lipinski definition) is 2. The molecule has 0 saturated carbocycles.